The van der Waals surface area contributed by atoms with Crippen LogP contribution in [0.1, 0.15) is 44.8 Å². The largest absolute Gasteiger partial charge is 0.467 e. The minimum Gasteiger partial charge on any atom is -0.467 e. The van der Waals surface area contributed by atoms with Crippen LogP contribution in [0.5, 0.6) is 0 Å². The van der Waals surface area contributed by atoms with Gasteiger partial charge in [0, 0.05) is 25.7 Å². The molecule has 1 aliphatic heterocycles. The second kappa shape index (κ2) is 7.34. The minimum absolute atomic E-state index is 0.241. The van der Waals surface area contributed by atoms with Crippen molar-refractivity contribution in [2.45, 2.75) is 51.6 Å². The molecular formula is C15H23NO3. The molecule has 1 aromatic heterocycles. The topological polar surface area (TPSA) is 42.7 Å². The summed E-state index contributed by atoms with van der Waals surface area (Å²) >= 11 is 0. The van der Waals surface area contributed by atoms with Crippen LogP contribution in [0, 0.1) is 0 Å². The Bertz CT molecular complexity index is 369. The lowest BCUT2D eigenvalue weighted by atomic mass is 10.1. The van der Waals surface area contributed by atoms with E-state index in [1.807, 2.05) is 17.0 Å². The van der Waals surface area contributed by atoms with Gasteiger partial charge in [-0.15, -0.1) is 0 Å². The van der Waals surface area contributed by atoms with Crippen molar-refractivity contribution in [2.75, 3.05) is 13.2 Å². The van der Waals surface area contributed by atoms with Crippen LogP contribution >= 0.6 is 0 Å². The number of furan rings is 1. The van der Waals surface area contributed by atoms with Crippen molar-refractivity contribution in [3.05, 3.63) is 24.2 Å². The summed E-state index contributed by atoms with van der Waals surface area (Å²) in [5, 5.41) is 0. The quantitative estimate of drug-likeness (QED) is 0.794. The lowest BCUT2D eigenvalue weighted by molar-refractivity contribution is -0.136. The number of unbranched alkanes of at least 4 members (excludes halogenated alkanes) is 1. The molecule has 1 amide bonds. The van der Waals surface area contributed by atoms with Crippen LogP contribution in [0.15, 0.2) is 22.8 Å². The number of nitrogens with zero attached hydrogens (tertiary/aromatic N) is 1. The Balaban J connectivity index is 2.00. The van der Waals surface area contributed by atoms with Gasteiger partial charge in [0.05, 0.1) is 12.8 Å². The predicted molar refractivity (Wildman–Crippen MR) is 72.6 cm³/mol. The van der Waals surface area contributed by atoms with Crippen LogP contribution in [0.3, 0.4) is 0 Å². The molecule has 2 rings (SSSR count). The Hall–Kier alpha value is -1.29. The third kappa shape index (κ3) is 4.10. The highest BCUT2D eigenvalue weighted by molar-refractivity contribution is 5.76. The highest BCUT2D eigenvalue weighted by Gasteiger charge is 2.26. The van der Waals surface area contributed by atoms with E-state index in [0.29, 0.717) is 19.0 Å². The van der Waals surface area contributed by atoms with Gasteiger partial charge in [-0.25, -0.2) is 0 Å². The number of hydrogen-bond acceptors (Lipinski definition) is 3. The van der Waals surface area contributed by atoms with Crippen molar-refractivity contribution >= 4 is 5.91 Å². The first kappa shape index (κ1) is 14.1. The monoisotopic (exact) mass is 265 g/mol. The molecule has 0 atom stereocenters. The zero-order chi connectivity index (χ0) is 13.5. The standard InChI is InChI=1S/C15H23NO3/c1-2-3-6-15(17)16(12-14-5-4-9-19-14)13-7-10-18-11-8-13/h4-5,9,13H,2-3,6-8,10-12H2,1H3. The average Bonchev–Trinajstić information content (AvgIpc) is 2.96. The van der Waals surface area contributed by atoms with Crippen LogP contribution < -0.4 is 0 Å². The molecule has 0 aromatic carbocycles. The van der Waals surface area contributed by atoms with E-state index in [1.54, 1.807) is 6.26 Å². The molecule has 4 heteroatoms. The Morgan fingerprint density at radius 3 is 2.84 bits per heavy atom. The first-order valence-corrected chi connectivity index (χ1v) is 7.21. The molecule has 1 aromatic rings. The van der Waals surface area contributed by atoms with E-state index in [4.69, 9.17) is 9.15 Å². The number of ether oxygens (including phenoxy) is 1. The SMILES string of the molecule is CCCCC(=O)N(Cc1ccco1)C1CCOCC1. The maximum absolute atomic E-state index is 12.4. The van der Waals surface area contributed by atoms with Gasteiger partial charge >= 0.3 is 0 Å². The highest BCUT2D eigenvalue weighted by Crippen LogP contribution is 2.19. The minimum atomic E-state index is 0.241. The van der Waals surface area contributed by atoms with Gasteiger partial charge in [-0.3, -0.25) is 4.79 Å². The van der Waals surface area contributed by atoms with E-state index in [2.05, 4.69) is 6.92 Å². The van der Waals surface area contributed by atoms with Crippen molar-refractivity contribution in [2.24, 2.45) is 0 Å². The van der Waals surface area contributed by atoms with Crippen LogP contribution in [-0.2, 0) is 16.1 Å². The number of rotatable bonds is 6. The van der Waals surface area contributed by atoms with Crippen LogP contribution in [0.25, 0.3) is 0 Å². The van der Waals surface area contributed by atoms with Crippen molar-refractivity contribution in [1.82, 2.24) is 4.90 Å². The van der Waals surface area contributed by atoms with E-state index < -0.39 is 0 Å². The molecular weight excluding hydrogens is 242 g/mol. The summed E-state index contributed by atoms with van der Waals surface area (Å²) in [6.07, 6.45) is 6.16. The van der Waals surface area contributed by atoms with Gasteiger partial charge < -0.3 is 14.1 Å². The summed E-state index contributed by atoms with van der Waals surface area (Å²) in [4.78, 5) is 14.4. The number of carbonyl (C=O) groups is 1. The summed E-state index contributed by atoms with van der Waals surface area (Å²) in [6, 6.07) is 4.09. The fraction of sp³-hybridized carbons (Fsp3) is 0.667. The second-order valence-electron chi connectivity index (χ2n) is 5.05. The van der Waals surface area contributed by atoms with Crippen LogP contribution in [0.4, 0.5) is 0 Å². The fourth-order valence-electron chi connectivity index (χ4n) is 2.46. The summed E-state index contributed by atoms with van der Waals surface area (Å²) in [5.74, 6) is 1.10. The Kier molecular flexibility index (Phi) is 5.45. The first-order valence-electron chi connectivity index (χ1n) is 7.21. The average molecular weight is 265 g/mol. The number of amides is 1. The van der Waals surface area contributed by atoms with Crippen LogP contribution in [-0.4, -0.2) is 30.1 Å². The molecule has 0 radical (unpaired) electrons. The molecule has 0 spiro atoms. The van der Waals surface area contributed by atoms with Gasteiger partial charge in [-0.05, 0) is 31.4 Å². The molecule has 106 valence electrons. The fourth-order valence-corrected chi connectivity index (χ4v) is 2.46. The molecule has 0 unspecified atom stereocenters. The van der Waals surface area contributed by atoms with Gasteiger partial charge in [0.15, 0.2) is 0 Å². The maximum atomic E-state index is 12.4. The lowest BCUT2D eigenvalue weighted by Gasteiger charge is -2.34. The Morgan fingerprint density at radius 1 is 1.42 bits per heavy atom. The zero-order valence-corrected chi connectivity index (χ0v) is 11.6. The van der Waals surface area contributed by atoms with E-state index in [9.17, 15) is 4.79 Å². The molecule has 0 bridgehead atoms. The highest BCUT2D eigenvalue weighted by atomic mass is 16.5. The molecule has 1 fully saturated rings. The van der Waals surface area contributed by atoms with E-state index in [-0.39, 0.29) is 5.91 Å². The molecule has 2 heterocycles. The first-order chi connectivity index (χ1) is 9.31. The third-order valence-corrected chi connectivity index (χ3v) is 3.60. The molecule has 0 saturated carbocycles. The lowest BCUT2D eigenvalue weighted by Crippen LogP contribution is -2.42. The second-order valence-corrected chi connectivity index (χ2v) is 5.05. The number of carbonyl (C=O) groups excluding carboxylic acids is 1. The number of hydrogen-bond donors (Lipinski definition) is 0. The van der Waals surface area contributed by atoms with E-state index in [1.165, 1.54) is 0 Å². The summed E-state index contributed by atoms with van der Waals surface area (Å²) in [6.45, 7) is 4.19. The molecule has 1 saturated heterocycles. The van der Waals surface area contributed by atoms with Crippen molar-refractivity contribution in [3.8, 4) is 0 Å². The van der Waals surface area contributed by atoms with Gasteiger partial charge in [-0.2, -0.15) is 0 Å². The normalized spacial score (nSPS) is 16.5. The van der Waals surface area contributed by atoms with Crippen molar-refractivity contribution in [1.29, 1.82) is 0 Å². The van der Waals surface area contributed by atoms with E-state index >= 15 is 0 Å². The summed E-state index contributed by atoms with van der Waals surface area (Å²) < 4.78 is 10.8. The van der Waals surface area contributed by atoms with Crippen molar-refractivity contribution in [3.63, 3.8) is 0 Å². The smallest absolute Gasteiger partial charge is 0.223 e. The maximum Gasteiger partial charge on any atom is 0.223 e. The van der Waals surface area contributed by atoms with Gasteiger partial charge in [0.25, 0.3) is 0 Å². The van der Waals surface area contributed by atoms with Gasteiger partial charge in [-0.1, -0.05) is 13.3 Å². The zero-order valence-electron chi connectivity index (χ0n) is 11.6. The predicted octanol–water partition coefficient (Wildman–Crippen LogP) is 2.98. The molecule has 19 heavy (non-hydrogen) atoms. The van der Waals surface area contributed by atoms with Gasteiger partial charge in [0.1, 0.15) is 5.76 Å². The Labute approximate surface area is 114 Å². The summed E-state index contributed by atoms with van der Waals surface area (Å²) in [5.41, 5.74) is 0. The molecule has 0 aliphatic carbocycles. The summed E-state index contributed by atoms with van der Waals surface area (Å²) in [7, 11) is 0. The molecule has 4 nitrogen and oxygen atoms in total. The molecule has 0 N–H and O–H groups in total. The van der Waals surface area contributed by atoms with E-state index in [0.717, 1.165) is 44.7 Å². The van der Waals surface area contributed by atoms with Gasteiger partial charge in [0.2, 0.25) is 5.91 Å². The van der Waals surface area contributed by atoms with Crippen molar-refractivity contribution < 1.29 is 13.9 Å². The Morgan fingerprint density at radius 2 is 2.21 bits per heavy atom. The third-order valence-electron chi connectivity index (χ3n) is 3.60. The van der Waals surface area contributed by atoms with Crippen LogP contribution in [0.2, 0.25) is 0 Å². The molecule has 1 aliphatic rings.